The van der Waals surface area contributed by atoms with Crippen molar-refractivity contribution in [2.24, 2.45) is 5.41 Å². The number of nitrogens with zero attached hydrogens (tertiary/aromatic N) is 1. The Morgan fingerprint density at radius 3 is 2.55 bits per heavy atom. The van der Waals surface area contributed by atoms with Gasteiger partial charge in [-0.15, -0.1) is 0 Å². The normalized spacial score (nSPS) is 11.3. The van der Waals surface area contributed by atoms with Crippen LogP contribution in [0.1, 0.15) is 44.5 Å². The monoisotopic (exact) mass is 280 g/mol. The van der Waals surface area contributed by atoms with Gasteiger partial charge < -0.3 is 10.2 Å². The maximum absolute atomic E-state index is 13.9. The predicted octanol–water partition coefficient (Wildman–Crippen LogP) is 3.77. The van der Waals surface area contributed by atoms with E-state index in [2.05, 4.69) is 26.1 Å². The predicted molar refractivity (Wildman–Crippen MR) is 81.6 cm³/mol. The van der Waals surface area contributed by atoms with Gasteiger partial charge in [0.1, 0.15) is 5.82 Å². The minimum atomic E-state index is -0.381. The lowest BCUT2D eigenvalue weighted by molar-refractivity contribution is 0.0746. The Kier molecular flexibility index (Phi) is 5.54. The maximum Gasteiger partial charge on any atom is 0.255 e. The fraction of sp³-hybridized carbons (Fsp3) is 0.562. The van der Waals surface area contributed by atoms with E-state index in [4.69, 9.17) is 0 Å². The topological polar surface area (TPSA) is 32.3 Å². The van der Waals surface area contributed by atoms with Crippen molar-refractivity contribution in [3.8, 4) is 0 Å². The number of halogens is 1. The molecule has 0 unspecified atom stereocenters. The molecule has 1 aromatic carbocycles. The van der Waals surface area contributed by atoms with Gasteiger partial charge in [0.05, 0.1) is 11.3 Å². The molecule has 0 heterocycles. The highest BCUT2D eigenvalue weighted by atomic mass is 19.1. The summed E-state index contributed by atoms with van der Waals surface area (Å²) in [6, 6.07) is 4.62. The van der Waals surface area contributed by atoms with E-state index in [9.17, 15) is 9.18 Å². The molecule has 1 aromatic rings. The van der Waals surface area contributed by atoms with E-state index in [-0.39, 0.29) is 17.1 Å². The van der Waals surface area contributed by atoms with Crippen LogP contribution in [0, 0.1) is 11.2 Å². The minimum absolute atomic E-state index is 0.00868. The Morgan fingerprint density at radius 2 is 2.00 bits per heavy atom. The average Bonchev–Trinajstić information content (AvgIpc) is 2.34. The fourth-order valence-corrected chi connectivity index (χ4v) is 2.12. The highest BCUT2D eigenvalue weighted by Crippen LogP contribution is 2.23. The molecule has 3 nitrogen and oxygen atoms in total. The Hall–Kier alpha value is -1.58. The SMILES string of the molecule is CCCNc1c(F)cccc1C(=O)N(C)CC(C)(C)C. The van der Waals surface area contributed by atoms with E-state index in [0.717, 1.165) is 6.42 Å². The van der Waals surface area contributed by atoms with E-state index in [1.165, 1.54) is 6.07 Å². The lowest BCUT2D eigenvalue weighted by Gasteiger charge is -2.27. The first kappa shape index (κ1) is 16.5. The number of rotatable bonds is 5. The van der Waals surface area contributed by atoms with Crippen LogP contribution in [0.5, 0.6) is 0 Å². The van der Waals surface area contributed by atoms with Crippen LogP contribution in [-0.4, -0.2) is 30.9 Å². The molecular weight excluding hydrogens is 255 g/mol. The first-order valence-corrected chi connectivity index (χ1v) is 7.04. The van der Waals surface area contributed by atoms with Gasteiger partial charge in [-0.2, -0.15) is 0 Å². The number of anilines is 1. The lowest BCUT2D eigenvalue weighted by atomic mass is 9.96. The first-order chi connectivity index (χ1) is 9.26. The molecule has 0 radical (unpaired) electrons. The number of carbonyl (C=O) groups excluding carboxylic acids is 1. The number of para-hydroxylation sites is 1. The Labute approximate surface area is 121 Å². The van der Waals surface area contributed by atoms with Crippen molar-refractivity contribution in [3.63, 3.8) is 0 Å². The summed E-state index contributed by atoms with van der Waals surface area (Å²) in [4.78, 5) is 14.1. The molecule has 1 amide bonds. The third-order valence-corrected chi connectivity index (χ3v) is 2.85. The second kappa shape index (κ2) is 6.73. The van der Waals surface area contributed by atoms with Gasteiger partial charge in [0.15, 0.2) is 0 Å². The van der Waals surface area contributed by atoms with Crippen LogP contribution in [0.4, 0.5) is 10.1 Å². The molecule has 0 spiro atoms. The highest BCUT2D eigenvalue weighted by Gasteiger charge is 2.22. The third kappa shape index (κ3) is 4.51. The lowest BCUT2D eigenvalue weighted by Crippen LogP contribution is -2.35. The van der Waals surface area contributed by atoms with Gasteiger partial charge in [-0.25, -0.2) is 4.39 Å². The Morgan fingerprint density at radius 1 is 1.35 bits per heavy atom. The van der Waals surface area contributed by atoms with E-state index < -0.39 is 0 Å². The zero-order valence-electron chi connectivity index (χ0n) is 13.1. The molecule has 0 aliphatic rings. The molecule has 1 rings (SSSR count). The quantitative estimate of drug-likeness (QED) is 0.890. The third-order valence-electron chi connectivity index (χ3n) is 2.85. The molecule has 0 aliphatic carbocycles. The Balaban J connectivity index is 3.00. The van der Waals surface area contributed by atoms with Crippen molar-refractivity contribution in [3.05, 3.63) is 29.6 Å². The van der Waals surface area contributed by atoms with Crippen LogP contribution in [0.3, 0.4) is 0 Å². The van der Waals surface area contributed by atoms with Gasteiger partial charge in [-0.3, -0.25) is 4.79 Å². The minimum Gasteiger partial charge on any atom is -0.382 e. The van der Waals surface area contributed by atoms with Crippen molar-refractivity contribution < 1.29 is 9.18 Å². The standard InChI is InChI=1S/C16H25FN2O/c1-6-10-18-14-12(8-7-9-13(14)17)15(20)19(5)11-16(2,3)4/h7-9,18H,6,10-11H2,1-5H3. The van der Waals surface area contributed by atoms with Crippen molar-refractivity contribution in [2.75, 3.05) is 25.5 Å². The molecule has 0 aliphatic heterocycles. The van der Waals surface area contributed by atoms with E-state index in [0.29, 0.717) is 24.3 Å². The zero-order valence-corrected chi connectivity index (χ0v) is 13.1. The number of nitrogens with one attached hydrogen (secondary N) is 1. The molecule has 0 atom stereocenters. The molecule has 0 bridgehead atoms. The van der Waals surface area contributed by atoms with Crippen LogP contribution in [0.25, 0.3) is 0 Å². The number of amides is 1. The molecule has 1 N–H and O–H groups in total. The summed E-state index contributed by atoms with van der Waals surface area (Å²) >= 11 is 0. The van der Waals surface area contributed by atoms with Gasteiger partial charge in [-0.1, -0.05) is 33.8 Å². The smallest absolute Gasteiger partial charge is 0.255 e. The van der Waals surface area contributed by atoms with Crippen LogP contribution < -0.4 is 5.32 Å². The zero-order chi connectivity index (χ0) is 15.3. The van der Waals surface area contributed by atoms with Crippen molar-refractivity contribution in [1.29, 1.82) is 0 Å². The van der Waals surface area contributed by atoms with E-state index in [1.807, 2.05) is 6.92 Å². The van der Waals surface area contributed by atoms with Crippen LogP contribution >= 0.6 is 0 Å². The summed E-state index contributed by atoms with van der Waals surface area (Å²) in [5.41, 5.74) is 0.708. The molecule has 112 valence electrons. The largest absolute Gasteiger partial charge is 0.382 e. The molecule has 0 saturated carbocycles. The van der Waals surface area contributed by atoms with Crippen molar-refractivity contribution in [1.82, 2.24) is 4.90 Å². The highest BCUT2D eigenvalue weighted by molar-refractivity contribution is 5.99. The summed E-state index contributed by atoms with van der Waals surface area (Å²) in [7, 11) is 1.75. The Bertz CT molecular complexity index is 466. The van der Waals surface area contributed by atoms with Crippen LogP contribution in [0.15, 0.2) is 18.2 Å². The van der Waals surface area contributed by atoms with Gasteiger partial charge >= 0.3 is 0 Å². The fourth-order valence-electron chi connectivity index (χ4n) is 2.12. The summed E-state index contributed by atoms with van der Waals surface area (Å²) in [5, 5.41) is 3.01. The van der Waals surface area contributed by atoms with Crippen LogP contribution in [0.2, 0.25) is 0 Å². The number of hydrogen-bond acceptors (Lipinski definition) is 2. The second-order valence-electron chi connectivity index (χ2n) is 6.31. The molecule has 0 saturated heterocycles. The summed E-state index contributed by atoms with van der Waals surface area (Å²) in [6.45, 7) is 9.47. The van der Waals surface area contributed by atoms with Gasteiger partial charge in [0.25, 0.3) is 5.91 Å². The number of hydrogen-bond donors (Lipinski definition) is 1. The van der Waals surface area contributed by atoms with Crippen molar-refractivity contribution in [2.45, 2.75) is 34.1 Å². The van der Waals surface area contributed by atoms with E-state index >= 15 is 0 Å². The van der Waals surface area contributed by atoms with Gasteiger partial charge in [0.2, 0.25) is 0 Å². The molecule has 4 heteroatoms. The molecule has 0 aromatic heterocycles. The number of benzene rings is 1. The van der Waals surface area contributed by atoms with Crippen LogP contribution in [-0.2, 0) is 0 Å². The number of carbonyl (C=O) groups is 1. The molecule has 20 heavy (non-hydrogen) atoms. The summed E-state index contributed by atoms with van der Waals surface area (Å²) < 4.78 is 13.9. The molecule has 0 fully saturated rings. The van der Waals surface area contributed by atoms with Crippen molar-refractivity contribution >= 4 is 11.6 Å². The molecular formula is C16H25FN2O. The van der Waals surface area contributed by atoms with E-state index in [1.54, 1.807) is 24.1 Å². The second-order valence-corrected chi connectivity index (χ2v) is 6.31. The summed E-state index contributed by atoms with van der Waals surface area (Å²) in [5.74, 6) is -0.536. The summed E-state index contributed by atoms with van der Waals surface area (Å²) in [6.07, 6.45) is 0.875. The maximum atomic E-state index is 13.9. The first-order valence-electron chi connectivity index (χ1n) is 7.04. The van der Waals surface area contributed by atoms with Gasteiger partial charge in [-0.05, 0) is 24.0 Å². The average molecular weight is 280 g/mol. The van der Waals surface area contributed by atoms with Gasteiger partial charge in [0, 0.05) is 20.1 Å².